The number of furan rings is 1. The number of benzene rings is 1. The minimum absolute atomic E-state index is 0.189. The van der Waals surface area contributed by atoms with E-state index >= 15 is 0 Å². The Balaban J connectivity index is 1.40. The summed E-state index contributed by atoms with van der Waals surface area (Å²) in [6.07, 6.45) is 5.84. The topological polar surface area (TPSA) is 87.5 Å². The van der Waals surface area contributed by atoms with E-state index in [2.05, 4.69) is 32.7 Å². The number of carbonyl (C=O) groups excluding carboxylic acids is 2. The van der Waals surface area contributed by atoms with Gasteiger partial charge in [0.25, 0.3) is 0 Å². The maximum absolute atomic E-state index is 12.3. The highest BCUT2D eigenvalue weighted by molar-refractivity contribution is 6.35. The number of pyridine rings is 1. The molecule has 2 N–H and O–H groups in total. The van der Waals surface area contributed by atoms with Gasteiger partial charge >= 0.3 is 11.8 Å². The van der Waals surface area contributed by atoms with Crippen molar-refractivity contribution in [1.29, 1.82) is 0 Å². The van der Waals surface area contributed by atoms with E-state index in [0.29, 0.717) is 0 Å². The van der Waals surface area contributed by atoms with E-state index in [4.69, 9.17) is 4.42 Å². The molecule has 7 nitrogen and oxygen atoms in total. The summed E-state index contributed by atoms with van der Waals surface area (Å²) in [5.41, 5.74) is 3.28. The summed E-state index contributed by atoms with van der Waals surface area (Å²) in [5.74, 6) is -0.580. The second-order valence-electron chi connectivity index (χ2n) is 6.85. The fourth-order valence-corrected chi connectivity index (χ4v) is 3.57. The van der Waals surface area contributed by atoms with Gasteiger partial charge in [0.05, 0.1) is 6.26 Å². The van der Waals surface area contributed by atoms with Crippen molar-refractivity contribution in [3.05, 3.63) is 84.1 Å². The summed E-state index contributed by atoms with van der Waals surface area (Å²) in [7, 11) is 0. The molecule has 0 saturated carbocycles. The Bertz CT molecular complexity index is 973. The van der Waals surface area contributed by atoms with Crippen LogP contribution in [-0.2, 0) is 22.6 Å². The Morgan fingerprint density at radius 2 is 1.83 bits per heavy atom. The van der Waals surface area contributed by atoms with Gasteiger partial charge < -0.3 is 20.0 Å². The number of rotatable bonds is 6. The van der Waals surface area contributed by atoms with Crippen LogP contribution < -0.4 is 15.5 Å². The van der Waals surface area contributed by atoms with Crippen LogP contribution in [0, 0.1) is 0 Å². The average Bonchev–Trinajstić information content (AvgIpc) is 3.44. The van der Waals surface area contributed by atoms with Gasteiger partial charge in [0.15, 0.2) is 0 Å². The van der Waals surface area contributed by atoms with E-state index in [1.165, 1.54) is 5.56 Å². The predicted molar refractivity (Wildman–Crippen MR) is 108 cm³/mol. The molecule has 29 heavy (non-hydrogen) atoms. The lowest BCUT2D eigenvalue weighted by atomic mass is 10.1. The number of hydrogen-bond donors (Lipinski definition) is 2. The summed E-state index contributed by atoms with van der Waals surface area (Å²) in [6, 6.07) is 15.3. The number of para-hydroxylation sites is 1. The molecule has 2 amide bonds. The monoisotopic (exact) mass is 390 g/mol. The van der Waals surface area contributed by atoms with Gasteiger partial charge in [0.2, 0.25) is 0 Å². The smallest absolute Gasteiger partial charge is 0.309 e. The summed E-state index contributed by atoms with van der Waals surface area (Å²) < 4.78 is 5.62. The molecule has 1 unspecified atom stereocenters. The van der Waals surface area contributed by atoms with Gasteiger partial charge in [-0.25, -0.2) is 0 Å². The van der Waals surface area contributed by atoms with Crippen molar-refractivity contribution < 1.29 is 14.0 Å². The number of nitrogens with zero attached hydrogens (tertiary/aromatic N) is 2. The molecule has 0 radical (unpaired) electrons. The van der Waals surface area contributed by atoms with Crippen LogP contribution in [0.5, 0.6) is 0 Å². The lowest BCUT2D eigenvalue weighted by Crippen LogP contribution is -2.43. The number of nitrogens with one attached hydrogen (secondary N) is 2. The van der Waals surface area contributed by atoms with Gasteiger partial charge in [-0.2, -0.15) is 0 Å². The Morgan fingerprint density at radius 3 is 2.62 bits per heavy atom. The van der Waals surface area contributed by atoms with Crippen LogP contribution in [0.2, 0.25) is 0 Å². The van der Waals surface area contributed by atoms with E-state index in [1.807, 2.05) is 24.3 Å². The van der Waals surface area contributed by atoms with Crippen molar-refractivity contribution in [1.82, 2.24) is 15.6 Å². The molecular formula is C22H22N4O3. The Morgan fingerprint density at radius 1 is 1.03 bits per heavy atom. The molecule has 1 atom stereocenters. The number of carbonyl (C=O) groups is 2. The third-order valence-electron chi connectivity index (χ3n) is 5.04. The fraction of sp³-hybridized carbons (Fsp3) is 0.227. The molecule has 7 heteroatoms. The van der Waals surface area contributed by atoms with E-state index in [0.717, 1.165) is 30.0 Å². The quantitative estimate of drug-likeness (QED) is 0.630. The number of amides is 2. The van der Waals surface area contributed by atoms with Gasteiger partial charge in [0.1, 0.15) is 11.8 Å². The predicted octanol–water partition coefficient (Wildman–Crippen LogP) is 2.21. The number of fused-ring (bicyclic) bond motifs is 1. The minimum Gasteiger partial charge on any atom is -0.467 e. The summed E-state index contributed by atoms with van der Waals surface area (Å²) in [6.45, 7) is 1.37. The van der Waals surface area contributed by atoms with E-state index in [-0.39, 0.29) is 19.1 Å². The van der Waals surface area contributed by atoms with Crippen LogP contribution in [-0.4, -0.2) is 29.9 Å². The second kappa shape index (κ2) is 8.60. The van der Waals surface area contributed by atoms with Crippen molar-refractivity contribution in [3.63, 3.8) is 0 Å². The van der Waals surface area contributed by atoms with Crippen LogP contribution in [0.25, 0.3) is 0 Å². The van der Waals surface area contributed by atoms with Gasteiger partial charge in [-0.15, -0.1) is 0 Å². The summed E-state index contributed by atoms with van der Waals surface area (Å²) in [5, 5.41) is 5.38. The van der Waals surface area contributed by atoms with Gasteiger partial charge in [-0.1, -0.05) is 18.2 Å². The first-order chi connectivity index (χ1) is 14.2. The molecule has 0 bridgehead atoms. The number of hydrogen-bond acceptors (Lipinski definition) is 5. The van der Waals surface area contributed by atoms with Crippen molar-refractivity contribution >= 4 is 17.5 Å². The molecule has 0 fully saturated rings. The second-order valence-corrected chi connectivity index (χ2v) is 6.85. The highest BCUT2D eigenvalue weighted by Gasteiger charge is 2.29. The van der Waals surface area contributed by atoms with Crippen molar-refractivity contribution in [2.24, 2.45) is 0 Å². The van der Waals surface area contributed by atoms with E-state index in [1.54, 1.807) is 30.8 Å². The average molecular weight is 390 g/mol. The fourth-order valence-electron chi connectivity index (χ4n) is 3.57. The Kier molecular flexibility index (Phi) is 5.56. The summed E-state index contributed by atoms with van der Waals surface area (Å²) >= 11 is 0. The molecule has 148 valence electrons. The van der Waals surface area contributed by atoms with Crippen molar-refractivity contribution in [2.75, 3.05) is 18.0 Å². The van der Waals surface area contributed by atoms with Crippen molar-refractivity contribution in [3.8, 4) is 0 Å². The lowest BCUT2D eigenvalue weighted by Gasteiger charge is -2.29. The third-order valence-corrected chi connectivity index (χ3v) is 5.04. The highest BCUT2D eigenvalue weighted by Crippen LogP contribution is 2.34. The molecular weight excluding hydrogens is 368 g/mol. The standard InChI is InChI=1S/C22H22N4O3/c27-21(24-14-16-7-10-23-11-8-16)22(28)25-15-19(20-6-3-13-29-20)26-12-9-17-4-1-2-5-18(17)26/h1-8,10-11,13,19H,9,12,14-15H2,(H,24,27)(H,25,28). The highest BCUT2D eigenvalue weighted by atomic mass is 16.3. The molecule has 0 saturated heterocycles. The molecule has 1 aliphatic rings. The largest absolute Gasteiger partial charge is 0.467 e. The first-order valence-electron chi connectivity index (χ1n) is 9.55. The van der Waals surface area contributed by atoms with Crippen LogP contribution in [0.1, 0.15) is 22.9 Å². The van der Waals surface area contributed by atoms with Gasteiger partial charge in [-0.3, -0.25) is 14.6 Å². The zero-order chi connectivity index (χ0) is 20.1. The van der Waals surface area contributed by atoms with Crippen LogP contribution in [0.4, 0.5) is 5.69 Å². The normalized spacial score (nSPS) is 13.6. The van der Waals surface area contributed by atoms with Crippen LogP contribution in [0.3, 0.4) is 0 Å². The SMILES string of the molecule is O=C(NCc1ccncc1)C(=O)NCC(c1ccco1)N1CCc2ccccc21. The number of aromatic nitrogens is 1. The summed E-state index contributed by atoms with van der Waals surface area (Å²) in [4.78, 5) is 30.6. The van der Waals surface area contributed by atoms with Crippen molar-refractivity contribution in [2.45, 2.75) is 19.0 Å². The Hall–Kier alpha value is -3.61. The van der Waals surface area contributed by atoms with Gasteiger partial charge in [0, 0.05) is 37.7 Å². The minimum atomic E-state index is -0.665. The molecule has 0 spiro atoms. The van der Waals surface area contributed by atoms with E-state index < -0.39 is 11.8 Å². The maximum Gasteiger partial charge on any atom is 0.309 e. The number of anilines is 1. The maximum atomic E-state index is 12.3. The molecule has 3 aromatic rings. The zero-order valence-corrected chi connectivity index (χ0v) is 15.9. The third kappa shape index (κ3) is 4.29. The Labute approximate surface area is 168 Å². The van der Waals surface area contributed by atoms with Gasteiger partial charge in [-0.05, 0) is 47.9 Å². The zero-order valence-electron chi connectivity index (χ0n) is 15.9. The first kappa shape index (κ1) is 18.7. The molecule has 1 aliphatic heterocycles. The molecule has 3 heterocycles. The lowest BCUT2D eigenvalue weighted by molar-refractivity contribution is -0.139. The van der Waals surface area contributed by atoms with Crippen LogP contribution >= 0.6 is 0 Å². The molecule has 4 rings (SSSR count). The molecule has 1 aromatic carbocycles. The van der Waals surface area contributed by atoms with E-state index in [9.17, 15) is 9.59 Å². The molecule has 2 aromatic heterocycles. The first-order valence-corrected chi connectivity index (χ1v) is 9.55. The molecule has 0 aliphatic carbocycles. The van der Waals surface area contributed by atoms with Crippen LogP contribution in [0.15, 0.2) is 71.6 Å².